The lowest BCUT2D eigenvalue weighted by molar-refractivity contribution is -0.140. The minimum atomic E-state index is -3.85. The fraction of sp³-hybridized carbons (Fsp3) is 0.259. The van der Waals surface area contributed by atoms with E-state index in [0.29, 0.717) is 22.2 Å². The summed E-state index contributed by atoms with van der Waals surface area (Å²) in [5.41, 5.74) is 1.82. The molecule has 0 aromatic heterocycles. The first-order valence-corrected chi connectivity index (χ1v) is 14.3. The van der Waals surface area contributed by atoms with Gasteiger partial charge >= 0.3 is 0 Å². The zero-order valence-corrected chi connectivity index (χ0v) is 22.9. The van der Waals surface area contributed by atoms with Crippen LogP contribution >= 0.6 is 23.2 Å². The van der Waals surface area contributed by atoms with Crippen molar-refractivity contribution in [2.75, 3.05) is 23.7 Å². The zero-order chi connectivity index (χ0) is 27.0. The molecule has 0 spiro atoms. The molecule has 0 unspecified atom stereocenters. The Morgan fingerprint density at radius 1 is 0.892 bits per heavy atom. The Morgan fingerprint density at radius 2 is 1.51 bits per heavy atom. The third kappa shape index (κ3) is 8.21. The van der Waals surface area contributed by atoms with Gasteiger partial charge in [-0.25, -0.2) is 8.42 Å². The number of carbonyl (C=O) groups excluding carboxylic acids is 2. The maximum absolute atomic E-state index is 13.9. The van der Waals surface area contributed by atoms with Gasteiger partial charge in [-0.05, 0) is 48.4 Å². The number of nitrogens with zero attached hydrogens (tertiary/aromatic N) is 2. The number of benzene rings is 3. The van der Waals surface area contributed by atoms with Crippen LogP contribution in [0, 0.1) is 0 Å². The Labute approximate surface area is 228 Å². The summed E-state index contributed by atoms with van der Waals surface area (Å²) in [5, 5.41) is 3.63. The van der Waals surface area contributed by atoms with Crippen molar-refractivity contribution in [1.82, 2.24) is 10.2 Å². The van der Waals surface area contributed by atoms with Crippen molar-refractivity contribution < 1.29 is 18.0 Å². The van der Waals surface area contributed by atoms with Crippen molar-refractivity contribution in [3.05, 3.63) is 100 Å². The molecule has 0 radical (unpaired) electrons. The van der Waals surface area contributed by atoms with Gasteiger partial charge < -0.3 is 10.2 Å². The molecule has 0 bridgehead atoms. The van der Waals surface area contributed by atoms with Gasteiger partial charge in [0.05, 0.1) is 11.9 Å². The standard InChI is InChI=1S/C27H29Cl2N3O4S/c1-3-30-27(34)25(16-20-9-5-4-6-10-20)31(18-21-11-7-12-22(28)15-21)26(33)19-32(37(2,35)36)24-14-8-13-23(29)17-24/h4-15,17,25H,3,16,18-19H2,1-2H3,(H,30,34)/t25-/m0/s1. The summed E-state index contributed by atoms with van der Waals surface area (Å²) >= 11 is 12.3. The van der Waals surface area contributed by atoms with Crippen LogP contribution in [-0.2, 0) is 32.6 Å². The Bertz CT molecular complexity index is 1340. The maximum atomic E-state index is 13.9. The number of rotatable bonds is 11. The van der Waals surface area contributed by atoms with Crippen molar-refractivity contribution in [2.24, 2.45) is 0 Å². The lowest BCUT2D eigenvalue weighted by atomic mass is 10.0. The van der Waals surface area contributed by atoms with E-state index >= 15 is 0 Å². The van der Waals surface area contributed by atoms with E-state index in [-0.39, 0.29) is 24.6 Å². The molecule has 3 rings (SSSR count). The van der Waals surface area contributed by atoms with Gasteiger partial charge in [-0.2, -0.15) is 0 Å². The van der Waals surface area contributed by atoms with Crippen molar-refractivity contribution in [1.29, 1.82) is 0 Å². The van der Waals surface area contributed by atoms with Gasteiger partial charge in [0.25, 0.3) is 0 Å². The SMILES string of the molecule is CCNC(=O)[C@H](Cc1ccccc1)N(Cc1cccc(Cl)c1)C(=O)CN(c1cccc(Cl)c1)S(C)(=O)=O. The van der Waals surface area contributed by atoms with Crippen LogP contribution in [-0.4, -0.2) is 50.5 Å². The molecule has 196 valence electrons. The van der Waals surface area contributed by atoms with Crippen LogP contribution in [0.15, 0.2) is 78.9 Å². The molecule has 7 nitrogen and oxygen atoms in total. The highest BCUT2D eigenvalue weighted by molar-refractivity contribution is 7.92. The fourth-order valence-electron chi connectivity index (χ4n) is 3.92. The number of anilines is 1. The molecular weight excluding hydrogens is 533 g/mol. The predicted octanol–water partition coefficient (Wildman–Crippen LogP) is 4.54. The molecule has 3 aromatic rings. The van der Waals surface area contributed by atoms with Gasteiger partial charge in [-0.1, -0.05) is 71.7 Å². The second kappa shape index (κ2) is 12.9. The first-order chi connectivity index (χ1) is 17.6. The van der Waals surface area contributed by atoms with Gasteiger partial charge in [-0.3, -0.25) is 13.9 Å². The zero-order valence-electron chi connectivity index (χ0n) is 20.6. The number of hydrogen-bond donors (Lipinski definition) is 1. The van der Waals surface area contributed by atoms with E-state index in [0.717, 1.165) is 16.1 Å². The Kier molecular flexibility index (Phi) is 9.97. The quantitative estimate of drug-likeness (QED) is 0.372. The van der Waals surface area contributed by atoms with E-state index in [1.165, 1.54) is 11.0 Å². The molecule has 3 aromatic carbocycles. The smallest absolute Gasteiger partial charge is 0.244 e. The van der Waals surface area contributed by atoms with Crippen LogP contribution in [0.4, 0.5) is 5.69 Å². The van der Waals surface area contributed by atoms with E-state index in [4.69, 9.17) is 23.2 Å². The average Bonchev–Trinajstić information content (AvgIpc) is 2.84. The molecule has 0 saturated heterocycles. The Morgan fingerprint density at radius 3 is 2.11 bits per heavy atom. The third-order valence-electron chi connectivity index (χ3n) is 5.64. The van der Waals surface area contributed by atoms with Gasteiger partial charge in [0.1, 0.15) is 12.6 Å². The number of nitrogens with one attached hydrogen (secondary N) is 1. The summed E-state index contributed by atoms with van der Waals surface area (Å²) in [6.45, 7) is 1.72. The minimum absolute atomic E-state index is 0.0567. The lowest BCUT2D eigenvalue weighted by Gasteiger charge is -2.33. The number of halogens is 2. The highest BCUT2D eigenvalue weighted by Gasteiger charge is 2.32. The summed E-state index contributed by atoms with van der Waals surface area (Å²) in [5.74, 6) is -0.882. The molecule has 2 amide bonds. The van der Waals surface area contributed by atoms with Crippen molar-refractivity contribution in [3.8, 4) is 0 Å². The topological polar surface area (TPSA) is 86.8 Å². The number of sulfonamides is 1. The van der Waals surface area contributed by atoms with Crippen LogP contribution in [0.3, 0.4) is 0 Å². The van der Waals surface area contributed by atoms with Crippen LogP contribution in [0.25, 0.3) is 0 Å². The number of carbonyl (C=O) groups is 2. The van der Waals surface area contributed by atoms with E-state index in [1.54, 1.807) is 49.4 Å². The van der Waals surface area contributed by atoms with Gasteiger partial charge in [0.15, 0.2) is 0 Å². The van der Waals surface area contributed by atoms with Crippen molar-refractivity contribution in [2.45, 2.75) is 25.9 Å². The first-order valence-electron chi connectivity index (χ1n) is 11.7. The van der Waals surface area contributed by atoms with Crippen molar-refractivity contribution >= 4 is 50.7 Å². The average molecular weight is 563 g/mol. The summed E-state index contributed by atoms with van der Waals surface area (Å²) in [7, 11) is -3.85. The highest BCUT2D eigenvalue weighted by Crippen LogP contribution is 2.23. The first kappa shape index (κ1) is 28.5. The van der Waals surface area contributed by atoms with Crippen molar-refractivity contribution in [3.63, 3.8) is 0 Å². The number of amides is 2. The second-order valence-electron chi connectivity index (χ2n) is 8.50. The largest absolute Gasteiger partial charge is 0.355 e. The van der Waals surface area contributed by atoms with E-state index in [9.17, 15) is 18.0 Å². The summed E-state index contributed by atoms with van der Waals surface area (Å²) in [4.78, 5) is 28.5. The molecule has 0 fully saturated rings. The predicted molar refractivity (Wildman–Crippen MR) is 148 cm³/mol. The van der Waals surface area contributed by atoms with Gasteiger partial charge in [-0.15, -0.1) is 0 Å². The molecule has 0 aliphatic rings. The van der Waals surface area contributed by atoms with Gasteiger partial charge in [0, 0.05) is 29.6 Å². The lowest BCUT2D eigenvalue weighted by Crippen LogP contribution is -2.53. The normalized spacial score (nSPS) is 12.0. The Hall–Kier alpha value is -3.07. The molecule has 10 heteroatoms. The fourth-order valence-corrected chi connectivity index (χ4v) is 5.16. The molecule has 0 heterocycles. The minimum Gasteiger partial charge on any atom is -0.355 e. The molecule has 0 saturated carbocycles. The summed E-state index contributed by atoms with van der Waals surface area (Å²) in [6.07, 6.45) is 1.27. The second-order valence-corrected chi connectivity index (χ2v) is 11.3. The van der Waals surface area contributed by atoms with E-state index in [1.807, 2.05) is 30.3 Å². The molecule has 1 N–H and O–H groups in total. The van der Waals surface area contributed by atoms with E-state index in [2.05, 4.69) is 5.32 Å². The monoisotopic (exact) mass is 561 g/mol. The molecule has 1 atom stereocenters. The number of hydrogen-bond acceptors (Lipinski definition) is 4. The van der Waals surface area contributed by atoms with Crippen LogP contribution in [0.2, 0.25) is 10.0 Å². The molecule has 0 aliphatic carbocycles. The van der Waals surface area contributed by atoms with Crippen LogP contribution in [0.5, 0.6) is 0 Å². The maximum Gasteiger partial charge on any atom is 0.244 e. The summed E-state index contributed by atoms with van der Waals surface area (Å²) < 4.78 is 26.4. The highest BCUT2D eigenvalue weighted by atomic mass is 35.5. The molecule has 37 heavy (non-hydrogen) atoms. The van der Waals surface area contributed by atoms with Crippen LogP contribution in [0.1, 0.15) is 18.1 Å². The van der Waals surface area contributed by atoms with E-state index < -0.39 is 28.5 Å². The summed E-state index contributed by atoms with van der Waals surface area (Å²) in [6, 6.07) is 21.7. The third-order valence-corrected chi connectivity index (χ3v) is 7.25. The van der Waals surface area contributed by atoms with Gasteiger partial charge in [0.2, 0.25) is 21.8 Å². The molecule has 0 aliphatic heterocycles. The molecular formula is C27H29Cl2N3O4S. The van der Waals surface area contributed by atoms with Crippen LogP contribution < -0.4 is 9.62 Å². The number of likely N-dealkylation sites (N-methyl/N-ethyl adjacent to an activating group) is 1. The Balaban J connectivity index is 2.04.